The van der Waals surface area contributed by atoms with Crippen LogP contribution in [-0.2, 0) is 19.9 Å². The van der Waals surface area contributed by atoms with E-state index in [0.29, 0.717) is 0 Å². The van der Waals surface area contributed by atoms with Crippen molar-refractivity contribution in [3.05, 3.63) is 40.9 Å². The molecule has 2 N–H and O–H groups in total. The summed E-state index contributed by atoms with van der Waals surface area (Å²) in [5.41, 5.74) is -0.799. The molecule has 0 heterocycles. The van der Waals surface area contributed by atoms with Crippen LogP contribution in [0.1, 0.15) is 10.4 Å². The number of anilines is 1. The minimum atomic E-state index is -4.47. The second-order valence-corrected chi connectivity index (χ2v) is 9.60. The molecular formula is C16H16ClNO8S2. The number of rotatable bonds is 7. The molecule has 152 valence electrons. The lowest BCUT2D eigenvalue weighted by Crippen LogP contribution is -2.17. The van der Waals surface area contributed by atoms with E-state index in [0.717, 1.165) is 30.5 Å². The van der Waals surface area contributed by atoms with Crippen LogP contribution in [0.4, 0.5) is 5.69 Å². The van der Waals surface area contributed by atoms with Gasteiger partial charge in [0.15, 0.2) is 9.84 Å². The van der Waals surface area contributed by atoms with Crippen LogP contribution in [0.3, 0.4) is 0 Å². The number of benzene rings is 2. The quantitative estimate of drug-likeness (QED) is 0.656. The fraction of sp³-hybridized carbons (Fsp3) is 0.188. The summed E-state index contributed by atoms with van der Waals surface area (Å²) in [4.78, 5) is 10.8. The Morgan fingerprint density at radius 3 is 2.21 bits per heavy atom. The van der Waals surface area contributed by atoms with Crippen LogP contribution in [0.25, 0.3) is 0 Å². The van der Waals surface area contributed by atoms with Crippen molar-refractivity contribution in [2.45, 2.75) is 9.79 Å². The number of hydrogen-bond donors (Lipinski definition) is 2. The summed E-state index contributed by atoms with van der Waals surface area (Å²) in [5, 5.41) is 9.18. The molecule has 28 heavy (non-hydrogen) atoms. The van der Waals surface area contributed by atoms with Crippen molar-refractivity contribution in [1.82, 2.24) is 0 Å². The second-order valence-electron chi connectivity index (χ2n) is 5.53. The van der Waals surface area contributed by atoms with Crippen molar-refractivity contribution in [3.8, 4) is 11.5 Å². The molecule has 2 aromatic carbocycles. The average Bonchev–Trinajstić information content (AvgIpc) is 2.60. The SMILES string of the molecule is COc1cc(OC)c(NS(=O)(=O)c2cc(S(C)(=O)=O)ccc2Cl)c(C(=O)O)c1. The molecule has 2 rings (SSSR count). The Labute approximate surface area is 166 Å². The number of carboxylic acids is 1. The molecule has 9 nitrogen and oxygen atoms in total. The molecule has 0 saturated heterocycles. The number of sulfonamides is 1. The number of halogens is 1. The summed E-state index contributed by atoms with van der Waals surface area (Å²) < 4.78 is 61.3. The Kier molecular flexibility index (Phi) is 6.12. The molecule has 0 saturated carbocycles. The minimum Gasteiger partial charge on any atom is -0.497 e. The number of ether oxygens (including phenoxy) is 2. The second kappa shape index (κ2) is 7.86. The highest BCUT2D eigenvalue weighted by atomic mass is 35.5. The highest BCUT2D eigenvalue weighted by Gasteiger charge is 2.26. The molecule has 0 aliphatic heterocycles. The van der Waals surface area contributed by atoms with Crippen molar-refractivity contribution < 1.29 is 36.2 Å². The first kappa shape index (κ1) is 21.8. The van der Waals surface area contributed by atoms with E-state index in [4.69, 9.17) is 21.1 Å². The minimum absolute atomic E-state index is 0.115. The maximum atomic E-state index is 12.8. The van der Waals surface area contributed by atoms with E-state index < -0.39 is 36.3 Å². The van der Waals surface area contributed by atoms with Crippen LogP contribution in [0, 0.1) is 0 Å². The molecule has 0 fully saturated rings. The Morgan fingerprint density at radius 1 is 1.07 bits per heavy atom. The van der Waals surface area contributed by atoms with Gasteiger partial charge in [0.1, 0.15) is 22.1 Å². The average molecular weight is 450 g/mol. The third kappa shape index (κ3) is 4.49. The predicted molar refractivity (Wildman–Crippen MR) is 102 cm³/mol. The highest BCUT2D eigenvalue weighted by molar-refractivity contribution is 7.93. The van der Waals surface area contributed by atoms with E-state index in [9.17, 15) is 26.7 Å². The van der Waals surface area contributed by atoms with Crippen molar-refractivity contribution in [1.29, 1.82) is 0 Å². The van der Waals surface area contributed by atoms with Crippen molar-refractivity contribution >= 4 is 43.1 Å². The molecule has 0 aromatic heterocycles. The molecule has 0 unspecified atom stereocenters. The molecule has 0 amide bonds. The molecule has 12 heteroatoms. The van der Waals surface area contributed by atoms with Crippen LogP contribution in [0.5, 0.6) is 11.5 Å². The van der Waals surface area contributed by atoms with E-state index in [2.05, 4.69) is 4.72 Å². The number of sulfone groups is 1. The normalized spacial score (nSPS) is 11.7. The molecule has 2 aromatic rings. The Hall–Kier alpha value is -2.50. The molecular weight excluding hydrogens is 434 g/mol. The van der Waals surface area contributed by atoms with Crippen molar-refractivity contribution in [3.63, 3.8) is 0 Å². The maximum absolute atomic E-state index is 12.8. The summed E-state index contributed by atoms with van der Waals surface area (Å²) in [7, 11) is -5.65. The van der Waals surface area contributed by atoms with Crippen LogP contribution in [0.2, 0.25) is 5.02 Å². The largest absolute Gasteiger partial charge is 0.497 e. The number of nitrogens with one attached hydrogen (secondary N) is 1. The van der Waals surface area contributed by atoms with Crippen LogP contribution in [-0.4, -0.2) is 48.4 Å². The predicted octanol–water partition coefficient (Wildman–Crippen LogP) is 2.26. The fourth-order valence-electron chi connectivity index (χ4n) is 2.25. The lowest BCUT2D eigenvalue weighted by atomic mass is 10.1. The molecule has 0 atom stereocenters. The van der Waals surface area contributed by atoms with Gasteiger partial charge in [-0.3, -0.25) is 4.72 Å². The molecule has 0 bridgehead atoms. The Morgan fingerprint density at radius 2 is 1.71 bits per heavy atom. The third-order valence-corrected chi connectivity index (χ3v) is 6.56. The highest BCUT2D eigenvalue weighted by Crippen LogP contribution is 2.36. The van der Waals surface area contributed by atoms with Crippen molar-refractivity contribution in [2.75, 3.05) is 25.2 Å². The van der Waals surface area contributed by atoms with Gasteiger partial charge in [0.05, 0.1) is 29.7 Å². The first-order valence-corrected chi connectivity index (χ1v) is 11.2. The van der Waals surface area contributed by atoms with Gasteiger partial charge in [-0.2, -0.15) is 0 Å². The number of carbonyl (C=O) groups is 1. The Bertz CT molecular complexity index is 1140. The van der Waals surface area contributed by atoms with E-state index in [1.54, 1.807) is 0 Å². The van der Waals surface area contributed by atoms with Gasteiger partial charge in [0.25, 0.3) is 10.0 Å². The standard InChI is InChI=1S/C16H16ClNO8S2/c1-25-9-6-11(16(19)20)15(13(7-9)26-2)18-28(23,24)14-8-10(27(3,21)22)4-5-12(14)17/h4-8,18H,1-3H3,(H,19,20). The van der Waals surface area contributed by atoms with Gasteiger partial charge in [-0.1, -0.05) is 11.6 Å². The van der Waals surface area contributed by atoms with E-state index in [1.807, 2.05) is 0 Å². The lowest BCUT2D eigenvalue weighted by molar-refractivity contribution is 0.0697. The third-order valence-electron chi connectivity index (χ3n) is 3.62. The van der Waals surface area contributed by atoms with Crippen LogP contribution < -0.4 is 14.2 Å². The monoisotopic (exact) mass is 449 g/mol. The fourth-order valence-corrected chi connectivity index (χ4v) is 4.59. The first-order valence-electron chi connectivity index (χ1n) is 7.42. The van der Waals surface area contributed by atoms with Gasteiger partial charge >= 0.3 is 5.97 Å². The number of hydrogen-bond acceptors (Lipinski definition) is 7. The zero-order valence-corrected chi connectivity index (χ0v) is 17.3. The van der Waals surface area contributed by atoms with Gasteiger partial charge in [0, 0.05) is 12.3 Å². The van der Waals surface area contributed by atoms with Crippen molar-refractivity contribution in [2.24, 2.45) is 0 Å². The van der Waals surface area contributed by atoms with Gasteiger partial charge in [-0.15, -0.1) is 0 Å². The maximum Gasteiger partial charge on any atom is 0.338 e. The summed E-state index contributed by atoms with van der Waals surface area (Å²) in [6.07, 6.45) is 0.912. The molecule has 0 aliphatic rings. The van der Waals surface area contributed by atoms with E-state index in [-0.39, 0.29) is 27.1 Å². The summed E-state index contributed by atoms with van der Waals surface area (Å²) >= 11 is 5.94. The number of methoxy groups -OCH3 is 2. The van der Waals surface area contributed by atoms with E-state index in [1.165, 1.54) is 20.3 Å². The lowest BCUT2D eigenvalue weighted by Gasteiger charge is -2.16. The van der Waals surface area contributed by atoms with Gasteiger partial charge in [-0.25, -0.2) is 21.6 Å². The number of carboxylic acid groups (broad SMARTS) is 1. The first-order chi connectivity index (χ1) is 12.9. The van der Waals surface area contributed by atoms with Crippen LogP contribution in [0.15, 0.2) is 40.1 Å². The smallest absolute Gasteiger partial charge is 0.338 e. The number of aromatic carboxylic acids is 1. The zero-order valence-electron chi connectivity index (χ0n) is 14.9. The van der Waals surface area contributed by atoms with E-state index >= 15 is 0 Å². The summed E-state index contributed by atoms with van der Waals surface area (Å²) in [6, 6.07) is 5.57. The summed E-state index contributed by atoms with van der Waals surface area (Å²) in [5.74, 6) is -1.42. The van der Waals surface area contributed by atoms with Gasteiger partial charge < -0.3 is 14.6 Å². The summed E-state index contributed by atoms with van der Waals surface area (Å²) in [6.45, 7) is 0. The van der Waals surface area contributed by atoms with Crippen LogP contribution >= 0.6 is 11.6 Å². The van der Waals surface area contributed by atoms with Gasteiger partial charge in [-0.05, 0) is 24.3 Å². The zero-order chi connectivity index (χ0) is 21.3. The molecule has 0 spiro atoms. The molecule has 0 aliphatic carbocycles. The molecule has 0 radical (unpaired) electrons. The Balaban J connectivity index is 2.67. The van der Waals surface area contributed by atoms with Gasteiger partial charge in [0.2, 0.25) is 0 Å². The topological polar surface area (TPSA) is 136 Å².